The first-order valence-electron chi connectivity index (χ1n) is 6.17. The van der Waals surface area contributed by atoms with Gasteiger partial charge in [0.1, 0.15) is 11.6 Å². The number of ether oxygens (including phenoxy) is 1. The van der Waals surface area contributed by atoms with E-state index in [1.165, 1.54) is 0 Å². The fraction of sp³-hybridized carbons (Fsp3) is 0.538. The van der Waals surface area contributed by atoms with Gasteiger partial charge in [0.2, 0.25) is 0 Å². The minimum Gasteiger partial charge on any atom is -0.406 e. The van der Waals surface area contributed by atoms with Gasteiger partial charge in [0.15, 0.2) is 0 Å². The maximum Gasteiger partial charge on any atom is 0.573 e. The molecule has 2 nitrogen and oxygen atoms in total. The minimum atomic E-state index is -4.79. The van der Waals surface area contributed by atoms with Crippen molar-refractivity contribution in [2.75, 3.05) is 0 Å². The summed E-state index contributed by atoms with van der Waals surface area (Å²) in [6.07, 6.45) is -0.972. The lowest BCUT2D eigenvalue weighted by atomic mass is 9.92. The molecule has 1 saturated carbocycles. The van der Waals surface area contributed by atoms with Crippen LogP contribution in [0.5, 0.6) is 5.75 Å². The molecule has 1 aromatic carbocycles. The Hall–Kier alpha value is -1.01. The van der Waals surface area contributed by atoms with Crippen molar-refractivity contribution in [3.8, 4) is 5.75 Å². The third-order valence-corrected chi connectivity index (χ3v) is 3.47. The van der Waals surface area contributed by atoms with Crippen LogP contribution in [0, 0.1) is 11.7 Å². The third-order valence-electron chi connectivity index (χ3n) is 3.47. The summed E-state index contributed by atoms with van der Waals surface area (Å²) in [6.45, 7) is 0. The van der Waals surface area contributed by atoms with Crippen LogP contribution in [0.1, 0.15) is 37.3 Å². The largest absolute Gasteiger partial charge is 0.573 e. The van der Waals surface area contributed by atoms with Crippen LogP contribution in [0.3, 0.4) is 0 Å². The van der Waals surface area contributed by atoms with E-state index in [4.69, 9.17) is 5.73 Å². The zero-order valence-electron chi connectivity index (χ0n) is 10.6. The molecule has 0 aliphatic heterocycles. The highest BCUT2D eigenvalue weighted by atomic mass is 35.5. The fourth-order valence-electron chi connectivity index (χ4n) is 2.54. The summed E-state index contributed by atoms with van der Waals surface area (Å²) in [5.41, 5.74) is 6.05. The minimum absolute atomic E-state index is 0. The normalized spacial score (nSPS) is 17.6. The zero-order chi connectivity index (χ0) is 14.0. The Balaban J connectivity index is 0.00000200. The van der Waals surface area contributed by atoms with Crippen molar-refractivity contribution in [3.63, 3.8) is 0 Å². The summed E-state index contributed by atoms with van der Waals surface area (Å²) < 4.78 is 53.9. The Kier molecular flexibility index (Phi) is 5.65. The van der Waals surface area contributed by atoms with Crippen molar-refractivity contribution >= 4 is 12.4 Å². The SMILES string of the molecule is Cl.N[C@H](c1cc(OC(F)(F)F)ccc1F)C1CCCC1. The van der Waals surface area contributed by atoms with Crippen molar-refractivity contribution in [2.45, 2.75) is 38.1 Å². The van der Waals surface area contributed by atoms with Crippen molar-refractivity contribution in [2.24, 2.45) is 11.7 Å². The maximum atomic E-state index is 13.7. The first kappa shape index (κ1) is 17.0. The van der Waals surface area contributed by atoms with Crippen LogP contribution in [0.2, 0.25) is 0 Å². The highest BCUT2D eigenvalue weighted by Gasteiger charge is 2.32. The van der Waals surface area contributed by atoms with E-state index in [2.05, 4.69) is 4.74 Å². The van der Waals surface area contributed by atoms with Gasteiger partial charge in [-0.2, -0.15) is 0 Å². The average molecular weight is 314 g/mol. The predicted octanol–water partition coefficient (Wildman–Crippen LogP) is 4.34. The molecule has 1 aliphatic carbocycles. The van der Waals surface area contributed by atoms with E-state index in [-0.39, 0.29) is 23.9 Å². The van der Waals surface area contributed by atoms with Gasteiger partial charge >= 0.3 is 6.36 Å². The number of alkyl halides is 3. The molecule has 0 unspecified atom stereocenters. The molecule has 20 heavy (non-hydrogen) atoms. The number of halogens is 5. The summed E-state index contributed by atoms with van der Waals surface area (Å²) in [4.78, 5) is 0. The van der Waals surface area contributed by atoms with E-state index in [9.17, 15) is 17.6 Å². The molecule has 1 fully saturated rings. The Morgan fingerprint density at radius 1 is 1.20 bits per heavy atom. The highest BCUT2D eigenvalue weighted by molar-refractivity contribution is 5.85. The molecule has 0 radical (unpaired) electrons. The second-order valence-electron chi connectivity index (χ2n) is 4.80. The summed E-state index contributed by atoms with van der Waals surface area (Å²) in [7, 11) is 0. The lowest BCUT2D eigenvalue weighted by molar-refractivity contribution is -0.274. The van der Waals surface area contributed by atoms with Gasteiger partial charge in [0.25, 0.3) is 0 Å². The molecule has 1 aliphatic rings. The molecule has 2 N–H and O–H groups in total. The molecule has 0 saturated heterocycles. The Morgan fingerprint density at radius 2 is 1.80 bits per heavy atom. The van der Waals surface area contributed by atoms with Crippen LogP contribution < -0.4 is 10.5 Å². The van der Waals surface area contributed by atoms with Crippen molar-refractivity contribution in [3.05, 3.63) is 29.6 Å². The van der Waals surface area contributed by atoms with Gasteiger partial charge in [-0.15, -0.1) is 25.6 Å². The highest BCUT2D eigenvalue weighted by Crippen LogP contribution is 2.36. The van der Waals surface area contributed by atoms with Gasteiger partial charge in [-0.05, 0) is 37.0 Å². The van der Waals surface area contributed by atoms with E-state index in [1.807, 2.05) is 0 Å². The van der Waals surface area contributed by atoms with E-state index in [0.717, 1.165) is 43.9 Å². The van der Waals surface area contributed by atoms with E-state index >= 15 is 0 Å². The summed E-state index contributed by atoms with van der Waals surface area (Å²) >= 11 is 0. The van der Waals surface area contributed by atoms with Crippen LogP contribution in [-0.4, -0.2) is 6.36 Å². The van der Waals surface area contributed by atoms with Gasteiger partial charge < -0.3 is 10.5 Å². The molecule has 0 heterocycles. The number of hydrogen-bond acceptors (Lipinski definition) is 2. The van der Waals surface area contributed by atoms with E-state index < -0.39 is 24.0 Å². The lowest BCUT2D eigenvalue weighted by Crippen LogP contribution is -2.21. The Bertz CT molecular complexity index is 446. The Labute approximate surface area is 120 Å². The van der Waals surface area contributed by atoms with Crippen molar-refractivity contribution < 1.29 is 22.3 Å². The molecule has 0 spiro atoms. The van der Waals surface area contributed by atoms with Gasteiger partial charge in [0, 0.05) is 11.6 Å². The van der Waals surface area contributed by atoms with Gasteiger partial charge in [-0.3, -0.25) is 0 Å². The quantitative estimate of drug-likeness (QED) is 0.843. The second kappa shape index (κ2) is 6.63. The maximum absolute atomic E-state index is 13.7. The molecule has 0 bridgehead atoms. The zero-order valence-corrected chi connectivity index (χ0v) is 11.4. The Morgan fingerprint density at radius 3 is 2.35 bits per heavy atom. The molecule has 0 amide bonds. The van der Waals surface area contributed by atoms with E-state index in [0.29, 0.717) is 0 Å². The second-order valence-corrected chi connectivity index (χ2v) is 4.80. The number of rotatable bonds is 3. The van der Waals surface area contributed by atoms with Gasteiger partial charge in [-0.1, -0.05) is 12.8 Å². The number of nitrogens with two attached hydrogens (primary N) is 1. The molecule has 1 aromatic rings. The standard InChI is InChI=1S/C13H15F4NO.ClH/c14-11-6-5-9(19-13(15,16)17)7-10(11)12(18)8-3-1-2-4-8;/h5-8,12H,1-4,18H2;1H/t12-;/m0./s1. The first-order valence-corrected chi connectivity index (χ1v) is 6.17. The monoisotopic (exact) mass is 313 g/mol. The fourth-order valence-corrected chi connectivity index (χ4v) is 2.54. The lowest BCUT2D eigenvalue weighted by Gasteiger charge is -2.20. The third kappa shape index (κ3) is 4.24. The van der Waals surface area contributed by atoms with Crippen LogP contribution in [0.25, 0.3) is 0 Å². The predicted molar refractivity (Wildman–Crippen MR) is 69.2 cm³/mol. The summed E-state index contributed by atoms with van der Waals surface area (Å²) in [5, 5.41) is 0. The first-order chi connectivity index (χ1) is 8.87. The molecular formula is C13H16ClF4NO. The number of benzene rings is 1. The van der Waals surface area contributed by atoms with Crippen LogP contribution >= 0.6 is 12.4 Å². The van der Waals surface area contributed by atoms with Crippen LogP contribution in [0.4, 0.5) is 17.6 Å². The average Bonchev–Trinajstić information content (AvgIpc) is 2.82. The van der Waals surface area contributed by atoms with Crippen LogP contribution in [-0.2, 0) is 0 Å². The summed E-state index contributed by atoms with van der Waals surface area (Å²) in [5.74, 6) is -0.901. The molecule has 1 atom stereocenters. The van der Waals surface area contributed by atoms with E-state index in [1.54, 1.807) is 0 Å². The van der Waals surface area contributed by atoms with Gasteiger partial charge in [-0.25, -0.2) is 4.39 Å². The molecule has 114 valence electrons. The summed E-state index contributed by atoms with van der Waals surface area (Å²) in [6, 6.07) is 2.38. The topological polar surface area (TPSA) is 35.2 Å². The number of hydrogen-bond donors (Lipinski definition) is 1. The molecule has 2 rings (SSSR count). The molecule has 0 aromatic heterocycles. The molecule has 7 heteroatoms. The molecular weight excluding hydrogens is 298 g/mol. The van der Waals surface area contributed by atoms with Gasteiger partial charge in [0.05, 0.1) is 0 Å². The van der Waals surface area contributed by atoms with Crippen LogP contribution in [0.15, 0.2) is 18.2 Å². The van der Waals surface area contributed by atoms with Crippen molar-refractivity contribution in [1.29, 1.82) is 0 Å². The van der Waals surface area contributed by atoms with Crippen molar-refractivity contribution in [1.82, 2.24) is 0 Å². The smallest absolute Gasteiger partial charge is 0.406 e.